The van der Waals surface area contributed by atoms with Crippen LogP contribution < -0.4 is 5.32 Å². The van der Waals surface area contributed by atoms with Gasteiger partial charge >= 0.3 is 0 Å². The molecule has 0 aromatic carbocycles. The van der Waals surface area contributed by atoms with Crippen LogP contribution in [0.2, 0.25) is 0 Å². The number of amides is 1. The van der Waals surface area contributed by atoms with Crippen LogP contribution in [0.3, 0.4) is 0 Å². The summed E-state index contributed by atoms with van der Waals surface area (Å²) in [6, 6.07) is 5.26. The van der Waals surface area contributed by atoms with Gasteiger partial charge in [0.15, 0.2) is 0 Å². The average Bonchev–Trinajstić information content (AvgIpc) is 3.25. The van der Waals surface area contributed by atoms with Crippen molar-refractivity contribution in [3.63, 3.8) is 0 Å². The molecule has 124 valence electrons. The van der Waals surface area contributed by atoms with Gasteiger partial charge in [-0.1, -0.05) is 6.07 Å². The fourth-order valence-electron chi connectivity index (χ4n) is 2.27. The summed E-state index contributed by atoms with van der Waals surface area (Å²) in [4.78, 5) is 16.1. The Labute approximate surface area is 143 Å². The van der Waals surface area contributed by atoms with E-state index < -0.39 is 10.0 Å². The normalized spacial score (nSPS) is 16.3. The van der Waals surface area contributed by atoms with Gasteiger partial charge in [0.1, 0.15) is 10.6 Å². The zero-order chi connectivity index (χ0) is 16.3. The smallest absolute Gasteiger partial charge is 0.268 e. The lowest BCUT2D eigenvalue weighted by atomic mass is 10.4. The Morgan fingerprint density at radius 3 is 2.83 bits per heavy atom. The minimum absolute atomic E-state index is 0.144. The van der Waals surface area contributed by atoms with E-state index in [9.17, 15) is 13.2 Å². The summed E-state index contributed by atoms with van der Waals surface area (Å²) in [6.07, 6.45) is 1.39. The molecule has 2 aromatic rings. The Morgan fingerprint density at radius 2 is 2.13 bits per heavy atom. The summed E-state index contributed by atoms with van der Waals surface area (Å²) < 4.78 is 26.5. The highest BCUT2D eigenvalue weighted by atomic mass is 32.2. The van der Waals surface area contributed by atoms with Crippen LogP contribution in [-0.4, -0.2) is 48.2 Å². The predicted molar refractivity (Wildman–Crippen MR) is 92.4 cm³/mol. The Morgan fingerprint density at radius 1 is 1.35 bits per heavy atom. The van der Waals surface area contributed by atoms with Crippen LogP contribution in [0.5, 0.6) is 0 Å². The summed E-state index contributed by atoms with van der Waals surface area (Å²) in [6.45, 7) is 1.46. The summed E-state index contributed by atoms with van der Waals surface area (Å²) in [5.41, 5.74) is 0.256. The van der Waals surface area contributed by atoms with Crippen LogP contribution >= 0.6 is 23.1 Å². The molecule has 1 aliphatic heterocycles. The van der Waals surface area contributed by atoms with Gasteiger partial charge in [-0.25, -0.2) is 8.42 Å². The van der Waals surface area contributed by atoms with Gasteiger partial charge in [0, 0.05) is 35.7 Å². The zero-order valence-corrected chi connectivity index (χ0v) is 14.8. The van der Waals surface area contributed by atoms with Crippen molar-refractivity contribution in [1.29, 1.82) is 0 Å². The van der Waals surface area contributed by atoms with Gasteiger partial charge in [-0.15, -0.1) is 11.3 Å². The van der Waals surface area contributed by atoms with Gasteiger partial charge in [0.25, 0.3) is 5.91 Å². The SMILES string of the molecule is O=C(NCc1cccs1)c1cc(S(=O)(=O)N2CCSCC2)c[nH]1. The second-order valence-electron chi connectivity index (χ2n) is 5.03. The molecule has 1 aliphatic rings. The van der Waals surface area contributed by atoms with Crippen LogP contribution in [0.1, 0.15) is 15.4 Å². The fourth-order valence-corrected chi connectivity index (χ4v) is 5.48. The lowest BCUT2D eigenvalue weighted by molar-refractivity contribution is 0.0947. The Kier molecular flexibility index (Phi) is 5.10. The first-order valence-corrected chi connectivity index (χ1v) is 10.6. The summed E-state index contributed by atoms with van der Waals surface area (Å²) >= 11 is 3.31. The van der Waals surface area contributed by atoms with Crippen molar-refractivity contribution < 1.29 is 13.2 Å². The Balaban J connectivity index is 1.68. The number of thiophene rings is 1. The van der Waals surface area contributed by atoms with Crippen LogP contribution in [0.15, 0.2) is 34.7 Å². The van der Waals surface area contributed by atoms with E-state index in [2.05, 4.69) is 10.3 Å². The predicted octanol–water partition coefficient (Wildman–Crippen LogP) is 1.74. The molecule has 0 radical (unpaired) electrons. The Bertz CT molecular complexity index is 762. The van der Waals surface area contributed by atoms with Gasteiger partial charge in [-0.05, 0) is 17.5 Å². The van der Waals surface area contributed by atoms with E-state index in [4.69, 9.17) is 0 Å². The molecule has 9 heteroatoms. The number of aromatic nitrogens is 1. The van der Waals surface area contributed by atoms with E-state index in [-0.39, 0.29) is 16.5 Å². The van der Waals surface area contributed by atoms with Gasteiger partial charge in [-0.2, -0.15) is 16.1 Å². The maximum absolute atomic E-state index is 12.5. The number of nitrogens with zero attached hydrogens (tertiary/aromatic N) is 1. The molecule has 0 saturated carbocycles. The molecule has 0 bridgehead atoms. The molecule has 3 rings (SSSR count). The minimum Gasteiger partial charge on any atom is -0.356 e. The third-order valence-electron chi connectivity index (χ3n) is 3.51. The Hall–Kier alpha value is -1.29. The number of sulfonamides is 1. The number of aromatic amines is 1. The van der Waals surface area contributed by atoms with E-state index in [1.807, 2.05) is 17.5 Å². The molecule has 1 saturated heterocycles. The molecule has 0 aliphatic carbocycles. The molecular weight excluding hydrogens is 354 g/mol. The lowest BCUT2D eigenvalue weighted by Gasteiger charge is -2.24. The highest BCUT2D eigenvalue weighted by Crippen LogP contribution is 2.20. The van der Waals surface area contributed by atoms with E-state index in [0.717, 1.165) is 16.4 Å². The molecule has 23 heavy (non-hydrogen) atoms. The molecule has 2 N–H and O–H groups in total. The standard InChI is InChI=1S/C14H17N3O3S3/c18-14(16-9-11-2-1-5-22-11)13-8-12(10-15-13)23(19,20)17-3-6-21-7-4-17/h1-2,5,8,10,15H,3-4,6-7,9H2,(H,16,18). The van der Waals surface area contributed by atoms with Crippen LogP contribution in [0.25, 0.3) is 0 Å². The summed E-state index contributed by atoms with van der Waals surface area (Å²) in [5, 5.41) is 4.72. The van der Waals surface area contributed by atoms with Gasteiger partial charge in [0.05, 0.1) is 6.54 Å². The first kappa shape index (κ1) is 16.6. The molecular formula is C14H17N3O3S3. The molecule has 0 spiro atoms. The zero-order valence-electron chi connectivity index (χ0n) is 12.3. The quantitative estimate of drug-likeness (QED) is 0.839. The fraction of sp³-hybridized carbons (Fsp3) is 0.357. The molecule has 0 atom stereocenters. The topological polar surface area (TPSA) is 82.3 Å². The number of thioether (sulfide) groups is 1. The molecule has 6 nitrogen and oxygen atoms in total. The van der Waals surface area contributed by atoms with Crippen LogP contribution in [0, 0.1) is 0 Å². The number of H-pyrrole nitrogens is 1. The highest BCUT2D eigenvalue weighted by Gasteiger charge is 2.27. The largest absolute Gasteiger partial charge is 0.356 e. The average molecular weight is 372 g/mol. The molecule has 1 fully saturated rings. The number of carbonyl (C=O) groups excluding carboxylic acids is 1. The molecule has 2 aromatic heterocycles. The second-order valence-corrected chi connectivity index (χ2v) is 9.22. The molecule has 3 heterocycles. The van der Waals surface area contributed by atoms with Gasteiger partial charge < -0.3 is 10.3 Å². The molecule has 1 amide bonds. The number of hydrogen-bond donors (Lipinski definition) is 2. The number of carbonyl (C=O) groups is 1. The number of rotatable bonds is 5. The summed E-state index contributed by atoms with van der Waals surface area (Å²) in [7, 11) is -3.52. The van der Waals surface area contributed by atoms with Crippen molar-refractivity contribution in [2.24, 2.45) is 0 Å². The maximum Gasteiger partial charge on any atom is 0.268 e. The summed E-state index contributed by atoms with van der Waals surface area (Å²) in [5.74, 6) is 1.30. The first-order valence-electron chi connectivity index (χ1n) is 7.14. The van der Waals surface area contributed by atoms with E-state index in [0.29, 0.717) is 19.6 Å². The minimum atomic E-state index is -3.52. The first-order chi connectivity index (χ1) is 11.1. The monoisotopic (exact) mass is 371 g/mol. The number of hydrogen-bond acceptors (Lipinski definition) is 5. The van der Waals surface area contributed by atoms with Crippen molar-refractivity contribution in [3.8, 4) is 0 Å². The number of nitrogens with one attached hydrogen (secondary N) is 2. The van der Waals surface area contributed by atoms with E-state index in [1.165, 1.54) is 16.6 Å². The van der Waals surface area contributed by atoms with Gasteiger partial charge in [-0.3, -0.25) is 4.79 Å². The van der Waals surface area contributed by atoms with Crippen molar-refractivity contribution in [3.05, 3.63) is 40.3 Å². The van der Waals surface area contributed by atoms with Crippen molar-refractivity contribution in [1.82, 2.24) is 14.6 Å². The second kappa shape index (κ2) is 7.08. The maximum atomic E-state index is 12.5. The van der Waals surface area contributed by atoms with Crippen molar-refractivity contribution >= 4 is 39.0 Å². The molecule has 0 unspecified atom stereocenters. The van der Waals surface area contributed by atoms with E-state index in [1.54, 1.807) is 23.1 Å². The third kappa shape index (κ3) is 3.79. The third-order valence-corrected chi connectivity index (χ3v) is 7.21. The lowest BCUT2D eigenvalue weighted by Crippen LogP contribution is -2.37. The van der Waals surface area contributed by atoms with Crippen LogP contribution in [0.4, 0.5) is 0 Å². The van der Waals surface area contributed by atoms with Gasteiger partial charge in [0.2, 0.25) is 10.0 Å². The van der Waals surface area contributed by atoms with Crippen molar-refractivity contribution in [2.45, 2.75) is 11.4 Å². The van der Waals surface area contributed by atoms with Crippen molar-refractivity contribution in [2.75, 3.05) is 24.6 Å². The van der Waals surface area contributed by atoms with E-state index >= 15 is 0 Å². The van der Waals surface area contributed by atoms with Crippen LogP contribution in [-0.2, 0) is 16.6 Å². The highest BCUT2D eigenvalue weighted by molar-refractivity contribution is 7.99.